The molecule has 2 heteroatoms. The first-order valence-corrected chi connectivity index (χ1v) is 5.48. The van der Waals surface area contributed by atoms with Crippen molar-refractivity contribution in [2.24, 2.45) is 5.92 Å². The van der Waals surface area contributed by atoms with Gasteiger partial charge in [0, 0.05) is 12.6 Å². The lowest BCUT2D eigenvalue weighted by Gasteiger charge is -2.23. The molecule has 0 aliphatic carbocycles. The molecule has 0 aromatic heterocycles. The maximum atomic E-state index is 3.49. The molecule has 13 heavy (non-hydrogen) atoms. The van der Waals surface area contributed by atoms with Crippen LogP contribution in [-0.4, -0.2) is 37.6 Å². The fourth-order valence-electron chi connectivity index (χ4n) is 1.17. The van der Waals surface area contributed by atoms with Gasteiger partial charge in [-0.1, -0.05) is 20.8 Å². The molecular weight excluding hydrogens is 160 g/mol. The lowest BCUT2D eigenvalue weighted by atomic mass is 10.1. The lowest BCUT2D eigenvalue weighted by Crippen LogP contribution is -2.38. The normalized spacial score (nSPS) is 14.1. The number of rotatable bonds is 7. The molecule has 1 N–H and O–H groups in total. The van der Waals surface area contributed by atoms with Crippen LogP contribution in [-0.2, 0) is 0 Å². The number of likely N-dealkylation sites (N-methyl/N-ethyl adjacent to an activating group) is 1. The van der Waals surface area contributed by atoms with Crippen molar-refractivity contribution in [3.05, 3.63) is 0 Å². The third-order valence-corrected chi connectivity index (χ3v) is 2.59. The molecule has 80 valence electrons. The van der Waals surface area contributed by atoms with Crippen molar-refractivity contribution in [3.63, 3.8) is 0 Å². The van der Waals surface area contributed by atoms with Crippen LogP contribution in [0.15, 0.2) is 0 Å². The summed E-state index contributed by atoms with van der Waals surface area (Å²) in [5.74, 6) is 0.812. The summed E-state index contributed by atoms with van der Waals surface area (Å²) in [6.07, 6.45) is 1.28. The summed E-state index contributed by atoms with van der Waals surface area (Å²) in [7, 11) is 2.18. The maximum Gasteiger partial charge on any atom is 0.0189 e. The Morgan fingerprint density at radius 2 is 1.85 bits per heavy atom. The Balaban J connectivity index is 3.31. The van der Waals surface area contributed by atoms with Gasteiger partial charge in [0.1, 0.15) is 0 Å². The SMILES string of the molecule is CCN(C)C(C)CNCCC(C)C. The van der Waals surface area contributed by atoms with Crippen molar-refractivity contribution in [1.82, 2.24) is 10.2 Å². The predicted molar refractivity (Wildman–Crippen MR) is 60.1 cm³/mol. The van der Waals surface area contributed by atoms with Crippen LogP contribution >= 0.6 is 0 Å². The summed E-state index contributed by atoms with van der Waals surface area (Å²) in [5.41, 5.74) is 0. The van der Waals surface area contributed by atoms with Gasteiger partial charge in [0.05, 0.1) is 0 Å². The van der Waals surface area contributed by atoms with Crippen molar-refractivity contribution >= 4 is 0 Å². The van der Waals surface area contributed by atoms with Gasteiger partial charge >= 0.3 is 0 Å². The van der Waals surface area contributed by atoms with Crippen molar-refractivity contribution in [2.75, 3.05) is 26.7 Å². The molecule has 0 saturated heterocycles. The molecule has 0 fully saturated rings. The van der Waals surface area contributed by atoms with Crippen LogP contribution in [0.25, 0.3) is 0 Å². The van der Waals surface area contributed by atoms with Crippen LogP contribution in [0.5, 0.6) is 0 Å². The molecule has 0 saturated carbocycles. The fraction of sp³-hybridized carbons (Fsp3) is 1.00. The van der Waals surface area contributed by atoms with Crippen LogP contribution < -0.4 is 5.32 Å². The molecule has 0 aliphatic heterocycles. The Kier molecular flexibility index (Phi) is 7.29. The summed E-state index contributed by atoms with van der Waals surface area (Å²) < 4.78 is 0. The van der Waals surface area contributed by atoms with Gasteiger partial charge in [-0.05, 0) is 39.4 Å². The minimum atomic E-state index is 0.650. The van der Waals surface area contributed by atoms with Crippen molar-refractivity contribution in [3.8, 4) is 0 Å². The van der Waals surface area contributed by atoms with Crippen LogP contribution in [0.4, 0.5) is 0 Å². The van der Waals surface area contributed by atoms with Crippen molar-refractivity contribution in [1.29, 1.82) is 0 Å². The fourth-order valence-corrected chi connectivity index (χ4v) is 1.17. The van der Waals surface area contributed by atoms with Crippen LogP contribution in [0.1, 0.15) is 34.1 Å². The summed E-state index contributed by atoms with van der Waals surface area (Å²) in [6, 6.07) is 0.650. The highest BCUT2D eigenvalue weighted by atomic mass is 15.1. The molecule has 2 nitrogen and oxygen atoms in total. The Labute approximate surface area is 83.7 Å². The molecule has 0 heterocycles. The van der Waals surface area contributed by atoms with E-state index in [0.717, 1.165) is 25.6 Å². The van der Waals surface area contributed by atoms with Gasteiger partial charge in [-0.3, -0.25) is 0 Å². The smallest absolute Gasteiger partial charge is 0.0189 e. The first-order chi connectivity index (χ1) is 6.07. The highest BCUT2D eigenvalue weighted by Gasteiger charge is 2.05. The standard InChI is InChI=1S/C11H26N2/c1-6-13(5)11(4)9-12-8-7-10(2)3/h10-12H,6-9H2,1-5H3. The molecular formula is C11H26N2. The van der Waals surface area contributed by atoms with Gasteiger partial charge < -0.3 is 10.2 Å². The summed E-state index contributed by atoms with van der Waals surface area (Å²) in [6.45, 7) is 12.4. The third-order valence-electron chi connectivity index (χ3n) is 2.59. The molecule has 0 aromatic carbocycles. The minimum Gasteiger partial charge on any atom is -0.315 e. The number of nitrogens with zero attached hydrogens (tertiary/aromatic N) is 1. The summed E-state index contributed by atoms with van der Waals surface area (Å²) in [5, 5.41) is 3.49. The van der Waals surface area contributed by atoms with E-state index in [4.69, 9.17) is 0 Å². The Bertz CT molecular complexity index is 113. The number of hydrogen-bond donors (Lipinski definition) is 1. The summed E-state index contributed by atoms with van der Waals surface area (Å²) >= 11 is 0. The highest BCUT2D eigenvalue weighted by Crippen LogP contribution is 1.97. The van der Waals surface area contributed by atoms with E-state index < -0.39 is 0 Å². The van der Waals surface area contributed by atoms with Crippen LogP contribution in [0.2, 0.25) is 0 Å². The predicted octanol–water partition coefficient (Wildman–Crippen LogP) is 1.96. The monoisotopic (exact) mass is 186 g/mol. The second kappa shape index (κ2) is 7.34. The topological polar surface area (TPSA) is 15.3 Å². The van der Waals surface area contributed by atoms with Gasteiger partial charge in [-0.15, -0.1) is 0 Å². The van der Waals surface area contributed by atoms with E-state index in [1.807, 2.05) is 0 Å². The molecule has 0 amide bonds. The zero-order valence-corrected chi connectivity index (χ0v) is 9.93. The zero-order valence-electron chi connectivity index (χ0n) is 9.93. The molecule has 1 atom stereocenters. The molecule has 0 bridgehead atoms. The third kappa shape index (κ3) is 7.03. The molecule has 0 aromatic rings. The second-order valence-corrected chi connectivity index (χ2v) is 4.31. The lowest BCUT2D eigenvalue weighted by molar-refractivity contribution is 0.262. The molecule has 0 radical (unpaired) electrons. The molecule has 0 rings (SSSR count). The van der Waals surface area contributed by atoms with E-state index in [0.29, 0.717) is 6.04 Å². The van der Waals surface area contributed by atoms with E-state index >= 15 is 0 Å². The van der Waals surface area contributed by atoms with Crippen LogP contribution in [0.3, 0.4) is 0 Å². The average molecular weight is 186 g/mol. The maximum absolute atomic E-state index is 3.49. The zero-order chi connectivity index (χ0) is 10.3. The van der Waals surface area contributed by atoms with E-state index in [9.17, 15) is 0 Å². The number of hydrogen-bond acceptors (Lipinski definition) is 2. The minimum absolute atomic E-state index is 0.650. The van der Waals surface area contributed by atoms with Gasteiger partial charge in [0.15, 0.2) is 0 Å². The van der Waals surface area contributed by atoms with Gasteiger partial charge in [0.25, 0.3) is 0 Å². The first kappa shape index (κ1) is 12.9. The quantitative estimate of drug-likeness (QED) is 0.612. The summed E-state index contributed by atoms with van der Waals surface area (Å²) in [4.78, 5) is 2.36. The Hall–Kier alpha value is -0.0800. The van der Waals surface area contributed by atoms with E-state index in [-0.39, 0.29) is 0 Å². The molecule has 0 aliphatic rings. The van der Waals surface area contributed by atoms with Gasteiger partial charge in [-0.2, -0.15) is 0 Å². The van der Waals surface area contributed by atoms with Gasteiger partial charge in [0.2, 0.25) is 0 Å². The van der Waals surface area contributed by atoms with E-state index in [2.05, 4.69) is 45.0 Å². The average Bonchev–Trinajstić information content (AvgIpc) is 2.10. The largest absolute Gasteiger partial charge is 0.315 e. The first-order valence-electron chi connectivity index (χ1n) is 5.48. The van der Waals surface area contributed by atoms with Crippen LogP contribution in [0, 0.1) is 5.92 Å². The Morgan fingerprint density at radius 1 is 1.23 bits per heavy atom. The van der Waals surface area contributed by atoms with E-state index in [1.54, 1.807) is 0 Å². The van der Waals surface area contributed by atoms with E-state index in [1.165, 1.54) is 6.42 Å². The second-order valence-electron chi connectivity index (χ2n) is 4.31. The van der Waals surface area contributed by atoms with Crippen molar-refractivity contribution in [2.45, 2.75) is 40.2 Å². The Morgan fingerprint density at radius 3 is 2.31 bits per heavy atom. The number of nitrogens with one attached hydrogen (secondary N) is 1. The highest BCUT2D eigenvalue weighted by molar-refractivity contribution is 4.64. The van der Waals surface area contributed by atoms with Gasteiger partial charge in [-0.25, -0.2) is 0 Å². The van der Waals surface area contributed by atoms with Crippen molar-refractivity contribution < 1.29 is 0 Å². The molecule has 0 spiro atoms. The molecule has 1 unspecified atom stereocenters.